The number of hydrogen-bond acceptors (Lipinski definition) is 4. The van der Waals surface area contributed by atoms with Crippen molar-refractivity contribution in [2.75, 3.05) is 13.6 Å². The second-order valence-electron chi connectivity index (χ2n) is 5.19. The molecule has 1 aliphatic rings. The van der Waals surface area contributed by atoms with Gasteiger partial charge in [-0.2, -0.15) is 0 Å². The van der Waals surface area contributed by atoms with Gasteiger partial charge < -0.3 is 4.90 Å². The SMILES string of the molecule is CCN(C)C(=O)C(C)NC1CC(=O)N(C(C)C)C1=O. The lowest BCUT2D eigenvalue weighted by Crippen LogP contribution is -2.50. The Hall–Kier alpha value is -1.43. The van der Waals surface area contributed by atoms with E-state index in [9.17, 15) is 14.4 Å². The van der Waals surface area contributed by atoms with Crippen LogP contribution in [0.2, 0.25) is 0 Å². The molecule has 0 aromatic rings. The van der Waals surface area contributed by atoms with Gasteiger partial charge in [0, 0.05) is 19.6 Å². The molecular formula is C13H23N3O3. The first-order valence-corrected chi connectivity index (χ1v) is 6.66. The summed E-state index contributed by atoms with van der Waals surface area (Å²) < 4.78 is 0. The molecule has 1 N–H and O–H groups in total. The molecule has 0 bridgehead atoms. The summed E-state index contributed by atoms with van der Waals surface area (Å²) in [5.41, 5.74) is 0. The lowest BCUT2D eigenvalue weighted by molar-refractivity contribution is -0.140. The van der Waals surface area contributed by atoms with E-state index in [2.05, 4.69) is 5.32 Å². The predicted molar refractivity (Wildman–Crippen MR) is 71.3 cm³/mol. The number of likely N-dealkylation sites (tertiary alicyclic amines) is 1. The molecule has 1 heterocycles. The van der Waals surface area contributed by atoms with Crippen LogP contribution >= 0.6 is 0 Å². The highest BCUT2D eigenvalue weighted by Gasteiger charge is 2.40. The summed E-state index contributed by atoms with van der Waals surface area (Å²) in [5.74, 6) is -0.495. The zero-order valence-corrected chi connectivity index (χ0v) is 12.3. The Kier molecular flexibility index (Phi) is 5.05. The second-order valence-corrected chi connectivity index (χ2v) is 5.19. The van der Waals surface area contributed by atoms with E-state index in [1.54, 1.807) is 32.7 Å². The van der Waals surface area contributed by atoms with Gasteiger partial charge in [0.05, 0.1) is 18.5 Å². The van der Waals surface area contributed by atoms with Crippen LogP contribution in [0.25, 0.3) is 0 Å². The minimum Gasteiger partial charge on any atom is -0.345 e. The van der Waals surface area contributed by atoms with E-state index >= 15 is 0 Å². The van der Waals surface area contributed by atoms with Crippen LogP contribution in [0.5, 0.6) is 0 Å². The van der Waals surface area contributed by atoms with Crippen LogP contribution in [-0.4, -0.2) is 59.2 Å². The predicted octanol–water partition coefficient (Wildman–Crippen LogP) is -0.0213. The Balaban J connectivity index is 2.67. The highest BCUT2D eigenvalue weighted by atomic mass is 16.2. The Bertz CT molecular complexity index is 381. The summed E-state index contributed by atoms with van der Waals surface area (Å²) in [5, 5.41) is 2.96. The van der Waals surface area contributed by atoms with E-state index in [1.165, 1.54) is 4.90 Å². The minimum absolute atomic E-state index is 0.0780. The van der Waals surface area contributed by atoms with E-state index in [0.29, 0.717) is 6.54 Å². The van der Waals surface area contributed by atoms with Crippen LogP contribution in [0.3, 0.4) is 0 Å². The van der Waals surface area contributed by atoms with Crippen LogP contribution in [0.1, 0.15) is 34.1 Å². The topological polar surface area (TPSA) is 69.7 Å². The Morgan fingerprint density at radius 2 is 2.00 bits per heavy atom. The summed E-state index contributed by atoms with van der Waals surface area (Å²) in [7, 11) is 1.71. The van der Waals surface area contributed by atoms with Crippen molar-refractivity contribution in [2.24, 2.45) is 0 Å². The Morgan fingerprint density at radius 1 is 1.42 bits per heavy atom. The Labute approximate surface area is 114 Å². The quantitative estimate of drug-likeness (QED) is 0.712. The fourth-order valence-electron chi connectivity index (χ4n) is 2.18. The normalized spacial score (nSPS) is 21.2. The van der Waals surface area contributed by atoms with E-state index in [-0.39, 0.29) is 30.2 Å². The molecule has 1 aliphatic heterocycles. The molecule has 108 valence electrons. The first kappa shape index (κ1) is 15.6. The number of carbonyl (C=O) groups excluding carboxylic acids is 3. The van der Waals surface area contributed by atoms with E-state index < -0.39 is 12.1 Å². The fraction of sp³-hybridized carbons (Fsp3) is 0.769. The summed E-state index contributed by atoms with van der Waals surface area (Å²) in [4.78, 5) is 38.6. The largest absolute Gasteiger partial charge is 0.345 e. The maximum Gasteiger partial charge on any atom is 0.247 e. The third-order valence-corrected chi connectivity index (χ3v) is 3.37. The summed E-state index contributed by atoms with van der Waals surface area (Å²) in [6.45, 7) is 7.81. The molecule has 19 heavy (non-hydrogen) atoms. The molecule has 6 nitrogen and oxygen atoms in total. The molecule has 6 heteroatoms. The van der Waals surface area contributed by atoms with Gasteiger partial charge in [-0.1, -0.05) is 0 Å². The number of nitrogens with one attached hydrogen (secondary N) is 1. The van der Waals surface area contributed by atoms with Gasteiger partial charge in [0.15, 0.2) is 0 Å². The lowest BCUT2D eigenvalue weighted by atomic mass is 10.2. The monoisotopic (exact) mass is 269 g/mol. The van der Waals surface area contributed by atoms with E-state index in [4.69, 9.17) is 0 Å². The number of nitrogens with zero attached hydrogens (tertiary/aromatic N) is 2. The summed E-state index contributed by atoms with van der Waals surface area (Å²) in [6, 6.07) is -1.20. The number of amides is 3. The first-order chi connectivity index (χ1) is 8.79. The molecule has 2 unspecified atom stereocenters. The van der Waals surface area contributed by atoms with Gasteiger partial charge in [-0.3, -0.25) is 24.6 Å². The molecule has 0 saturated carbocycles. The highest BCUT2D eigenvalue weighted by Crippen LogP contribution is 2.16. The van der Waals surface area contributed by atoms with Gasteiger partial charge in [0.1, 0.15) is 0 Å². The number of imide groups is 1. The second kappa shape index (κ2) is 6.14. The van der Waals surface area contributed by atoms with Crippen molar-refractivity contribution in [3.05, 3.63) is 0 Å². The molecule has 1 rings (SSSR count). The number of likely N-dealkylation sites (N-methyl/N-ethyl adjacent to an activating group) is 1. The molecule has 0 radical (unpaired) electrons. The van der Waals surface area contributed by atoms with Crippen molar-refractivity contribution in [1.82, 2.24) is 15.1 Å². The molecule has 1 saturated heterocycles. The van der Waals surface area contributed by atoms with Gasteiger partial charge in [-0.15, -0.1) is 0 Å². The maximum atomic E-state index is 12.1. The molecular weight excluding hydrogens is 246 g/mol. The average molecular weight is 269 g/mol. The van der Waals surface area contributed by atoms with Gasteiger partial charge in [-0.05, 0) is 27.7 Å². The molecule has 0 aliphatic carbocycles. The maximum absolute atomic E-state index is 12.1. The van der Waals surface area contributed by atoms with Crippen molar-refractivity contribution in [3.8, 4) is 0 Å². The third-order valence-electron chi connectivity index (χ3n) is 3.37. The molecule has 0 aromatic heterocycles. The van der Waals surface area contributed by atoms with Gasteiger partial charge in [0.2, 0.25) is 17.7 Å². The first-order valence-electron chi connectivity index (χ1n) is 6.66. The molecule has 0 spiro atoms. The van der Waals surface area contributed by atoms with E-state index in [1.807, 2.05) is 6.92 Å². The molecule has 1 fully saturated rings. The standard InChI is InChI=1S/C13H23N3O3/c1-6-15(5)12(18)9(4)14-10-7-11(17)16(8(2)3)13(10)19/h8-10,14H,6-7H2,1-5H3. The third kappa shape index (κ3) is 3.32. The van der Waals surface area contributed by atoms with Crippen LogP contribution in [0.4, 0.5) is 0 Å². The van der Waals surface area contributed by atoms with Crippen molar-refractivity contribution >= 4 is 17.7 Å². The van der Waals surface area contributed by atoms with Gasteiger partial charge in [-0.25, -0.2) is 0 Å². The van der Waals surface area contributed by atoms with Crippen molar-refractivity contribution < 1.29 is 14.4 Å². The summed E-state index contributed by atoms with van der Waals surface area (Å²) >= 11 is 0. The fourth-order valence-corrected chi connectivity index (χ4v) is 2.18. The molecule has 3 amide bonds. The zero-order valence-electron chi connectivity index (χ0n) is 12.3. The minimum atomic E-state index is -0.584. The zero-order chi connectivity index (χ0) is 14.7. The number of carbonyl (C=O) groups is 3. The van der Waals surface area contributed by atoms with Crippen LogP contribution in [0, 0.1) is 0 Å². The molecule has 2 atom stereocenters. The Morgan fingerprint density at radius 3 is 2.42 bits per heavy atom. The van der Waals surface area contributed by atoms with Gasteiger partial charge >= 0.3 is 0 Å². The van der Waals surface area contributed by atoms with Gasteiger partial charge in [0.25, 0.3) is 0 Å². The summed E-state index contributed by atoms with van der Waals surface area (Å²) in [6.07, 6.45) is 0.129. The van der Waals surface area contributed by atoms with Crippen LogP contribution < -0.4 is 5.32 Å². The smallest absolute Gasteiger partial charge is 0.247 e. The van der Waals surface area contributed by atoms with Crippen LogP contribution in [0.15, 0.2) is 0 Å². The van der Waals surface area contributed by atoms with Crippen molar-refractivity contribution in [1.29, 1.82) is 0 Å². The number of rotatable bonds is 5. The number of hydrogen-bond donors (Lipinski definition) is 1. The van der Waals surface area contributed by atoms with Crippen molar-refractivity contribution in [2.45, 2.75) is 52.2 Å². The average Bonchev–Trinajstić information content (AvgIpc) is 2.62. The van der Waals surface area contributed by atoms with E-state index in [0.717, 1.165) is 0 Å². The lowest BCUT2D eigenvalue weighted by Gasteiger charge is -2.23. The highest BCUT2D eigenvalue weighted by molar-refractivity contribution is 6.06. The van der Waals surface area contributed by atoms with Crippen LogP contribution in [-0.2, 0) is 14.4 Å². The molecule has 0 aromatic carbocycles. The van der Waals surface area contributed by atoms with Crippen molar-refractivity contribution in [3.63, 3.8) is 0 Å².